The Labute approximate surface area is 89.4 Å². The highest BCUT2D eigenvalue weighted by atomic mass is 16.4. The van der Waals surface area contributed by atoms with Gasteiger partial charge in [-0.1, -0.05) is 19.3 Å². The van der Waals surface area contributed by atoms with E-state index >= 15 is 0 Å². The quantitative estimate of drug-likeness (QED) is 0.694. The van der Waals surface area contributed by atoms with Gasteiger partial charge in [-0.25, -0.2) is 4.79 Å². The number of hydrogen-bond acceptors (Lipinski definition) is 2. The number of aliphatic carboxylic acids is 1. The largest absolute Gasteiger partial charge is 0.478 e. The van der Waals surface area contributed by atoms with Gasteiger partial charge in [0.25, 0.3) is 0 Å². The summed E-state index contributed by atoms with van der Waals surface area (Å²) in [6.07, 6.45) is 7.35. The zero-order valence-electron chi connectivity index (χ0n) is 8.95. The van der Waals surface area contributed by atoms with E-state index in [2.05, 4.69) is 5.32 Å². The number of nitrogens with one attached hydrogen (secondary N) is 1. The van der Waals surface area contributed by atoms with Gasteiger partial charge in [0, 0.05) is 17.7 Å². The number of carboxylic acid groups (broad SMARTS) is 1. The second-order valence-electron chi connectivity index (χ2n) is 4.28. The van der Waals surface area contributed by atoms with E-state index in [-0.39, 0.29) is 11.4 Å². The number of rotatable bonds is 3. The van der Waals surface area contributed by atoms with E-state index in [4.69, 9.17) is 5.11 Å². The maximum absolute atomic E-state index is 11.4. The molecule has 1 aliphatic rings. The molecule has 1 saturated carbocycles. The van der Waals surface area contributed by atoms with Gasteiger partial charge in [0.2, 0.25) is 5.91 Å². The van der Waals surface area contributed by atoms with Crippen LogP contribution in [0.3, 0.4) is 0 Å². The minimum Gasteiger partial charge on any atom is -0.478 e. The van der Waals surface area contributed by atoms with Crippen LogP contribution in [0.25, 0.3) is 0 Å². The Balaban J connectivity index is 2.45. The van der Waals surface area contributed by atoms with E-state index in [1.165, 1.54) is 6.42 Å². The predicted molar refractivity (Wildman–Crippen MR) is 56.4 cm³/mol. The molecule has 4 nitrogen and oxygen atoms in total. The molecule has 4 heteroatoms. The van der Waals surface area contributed by atoms with Crippen molar-refractivity contribution in [1.82, 2.24) is 5.32 Å². The highest BCUT2D eigenvalue weighted by Gasteiger charge is 2.27. The average Bonchev–Trinajstić information content (AvgIpc) is 2.15. The molecule has 2 N–H and O–H groups in total. The number of carbonyl (C=O) groups is 2. The van der Waals surface area contributed by atoms with E-state index in [1.807, 2.05) is 6.92 Å². The molecule has 1 aliphatic carbocycles. The first-order valence-electron chi connectivity index (χ1n) is 5.25. The third kappa shape index (κ3) is 4.14. The van der Waals surface area contributed by atoms with Crippen LogP contribution in [0.15, 0.2) is 12.2 Å². The molecular formula is C11H17NO3. The smallest absolute Gasteiger partial charge is 0.328 e. The topological polar surface area (TPSA) is 66.4 Å². The predicted octanol–water partition coefficient (Wildman–Crippen LogP) is 1.47. The third-order valence-corrected chi connectivity index (χ3v) is 2.76. The summed E-state index contributed by atoms with van der Waals surface area (Å²) >= 11 is 0. The highest BCUT2D eigenvalue weighted by Crippen LogP contribution is 2.27. The fourth-order valence-electron chi connectivity index (χ4n) is 1.94. The molecule has 0 atom stereocenters. The molecular weight excluding hydrogens is 194 g/mol. The van der Waals surface area contributed by atoms with Crippen LogP contribution >= 0.6 is 0 Å². The van der Waals surface area contributed by atoms with Crippen LogP contribution in [-0.4, -0.2) is 22.5 Å². The van der Waals surface area contributed by atoms with Gasteiger partial charge in [-0.15, -0.1) is 0 Å². The third-order valence-electron chi connectivity index (χ3n) is 2.76. The van der Waals surface area contributed by atoms with E-state index in [0.29, 0.717) is 0 Å². The lowest BCUT2D eigenvalue weighted by Gasteiger charge is -2.34. The SMILES string of the molecule is CC1(NC(=O)/C=C/C(=O)O)CCCCC1. The van der Waals surface area contributed by atoms with Crippen LogP contribution in [0, 0.1) is 0 Å². The summed E-state index contributed by atoms with van der Waals surface area (Å²) in [6.45, 7) is 2.01. The Hall–Kier alpha value is -1.32. The highest BCUT2D eigenvalue weighted by molar-refractivity contribution is 5.94. The molecule has 0 aliphatic heterocycles. The van der Waals surface area contributed by atoms with Crippen LogP contribution in [0.5, 0.6) is 0 Å². The summed E-state index contributed by atoms with van der Waals surface area (Å²) in [5, 5.41) is 11.2. The van der Waals surface area contributed by atoms with Crippen molar-refractivity contribution >= 4 is 11.9 Å². The van der Waals surface area contributed by atoms with Crippen molar-refractivity contribution in [2.75, 3.05) is 0 Å². The molecule has 1 amide bonds. The molecule has 0 aromatic rings. The first-order valence-corrected chi connectivity index (χ1v) is 5.25. The number of hydrogen-bond donors (Lipinski definition) is 2. The molecule has 0 aromatic heterocycles. The Morgan fingerprint density at radius 1 is 1.20 bits per heavy atom. The zero-order valence-corrected chi connectivity index (χ0v) is 8.95. The minimum absolute atomic E-state index is 0.155. The zero-order chi connectivity index (χ0) is 11.3. The molecule has 0 heterocycles. The molecule has 0 radical (unpaired) electrons. The van der Waals surface area contributed by atoms with Crippen LogP contribution in [0.4, 0.5) is 0 Å². The Morgan fingerprint density at radius 2 is 1.80 bits per heavy atom. The maximum atomic E-state index is 11.4. The van der Waals surface area contributed by atoms with Crippen LogP contribution in [0.1, 0.15) is 39.0 Å². The summed E-state index contributed by atoms with van der Waals surface area (Å²) in [5.41, 5.74) is -0.155. The lowest BCUT2D eigenvalue weighted by atomic mass is 9.83. The molecule has 0 bridgehead atoms. The second-order valence-corrected chi connectivity index (χ2v) is 4.28. The molecule has 0 unspecified atom stereocenters. The van der Waals surface area contributed by atoms with Gasteiger partial charge in [0.15, 0.2) is 0 Å². The summed E-state index contributed by atoms with van der Waals surface area (Å²) < 4.78 is 0. The molecule has 0 saturated heterocycles. The Morgan fingerprint density at radius 3 is 2.33 bits per heavy atom. The van der Waals surface area contributed by atoms with Gasteiger partial charge in [-0.2, -0.15) is 0 Å². The van der Waals surface area contributed by atoms with Gasteiger partial charge >= 0.3 is 5.97 Å². The van der Waals surface area contributed by atoms with Crippen molar-refractivity contribution < 1.29 is 14.7 Å². The summed E-state index contributed by atoms with van der Waals surface area (Å²) in [6, 6.07) is 0. The Bertz CT molecular complexity index is 278. The van der Waals surface area contributed by atoms with Crippen molar-refractivity contribution in [2.24, 2.45) is 0 Å². The Kier molecular flexibility index (Phi) is 3.88. The van der Waals surface area contributed by atoms with Crippen LogP contribution in [0.2, 0.25) is 0 Å². The van der Waals surface area contributed by atoms with E-state index in [9.17, 15) is 9.59 Å². The first-order chi connectivity index (χ1) is 7.02. The number of carboxylic acids is 1. The van der Waals surface area contributed by atoms with Crippen molar-refractivity contribution in [2.45, 2.75) is 44.6 Å². The van der Waals surface area contributed by atoms with Gasteiger partial charge in [0.05, 0.1) is 0 Å². The molecule has 0 aromatic carbocycles. The lowest BCUT2D eigenvalue weighted by molar-refractivity contribution is -0.131. The molecule has 0 spiro atoms. The van der Waals surface area contributed by atoms with Gasteiger partial charge < -0.3 is 10.4 Å². The van der Waals surface area contributed by atoms with E-state index in [0.717, 1.165) is 37.8 Å². The summed E-state index contributed by atoms with van der Waals surface area (Å²) in [5.74, 6) is -1.42. The van der Waals surface area contributed by atoms with Gasteiger partial charge in [0.1, 0.15) is 0 Å². The normalized spacial score (nSPS) is 20.1. The molecule has 84 valence electrons. The van der Waals surface area contributed by atoms with Gasteiger partial charge in [-0.3, -0.25) is 4.79 Å². The minimum atomic E-state index is -1.10. The fourth-order valence-corrected chi connectivity index (χ4v) is 1.94. The summed E-state index contributed by atoms with van der Waals surface area (Å²) in [4.78, 5) is 21.6. The van der Waals surface area contributed by atoms with E-state index in [1.54, 1.807) is 0 Å². The lowest BCUT2D eigenvalue weighted by Crippen LogP contribution is -2.46. The number of amides is 1. The monoisotopic (exact) mass is 211 g/mol. The van der Waals surface area contributed by atoms with Crippen molar-refractivity contribution in [3.63, 3.8) is 0 Å². The second kappa shape index (κ2) is 4.96. The fraction of sp³-hybridized carbons (Fsp3) is 0.636. The summed E-state index contributed by atoms with van der Waals surface area (Å²) in [7, 11) is 0. The van der Waals surface area contributed by atoms with Crippen molar-refractivity contribution in [3.05, 3.63) is 12.2 Å². The molecule has 1 fully saturated rings. The standard InChI is InChI=1S/C11H17NO3/c1-11(7-3-2-4-8-11)12-9(13)5-6-10(14)15/h5-6H,2-4,7-8H2,1H3,(H,12,13)(H,14,15)/b6-5+. The molecule has 15 heavy (non-hydrogen) atoms. The maximum Gasteiger partial charge on any atom is 0.328 e. The van der Waals surface area contributed by atoms with Crippen LogP contribution in [-0.2, 0) is 9.59 Å². The van der Waals surface area contributed by atoms with Crippen molar-refractivity contribution in [3.8, 4) is 0 Å². The van der Waals surface area contributed by atoms with Gasteiger partial charge in [-0.05, 0) is 19.8 Å². The first kappa shape index (κ1) is 11.8. The van der Waals surface area contributed by atoms with Crippen LogP contribution < -0.4 is 5.32 Å². The van der Waals surface area contributed by atoms with E-state index < -0.39 is 5.97 Å². The number of carbonyl (C=O) groups excluding carboxylic acids is 1. The average molecular weight is 211 g/mol. The molecule has 1 rings (SSSR count). The van der Waals surface area contributed by atoms with Crippen molar-refractivity contribution in [1.29, 1.82) is 0 Å².